The Kier molecular flexibility index (Phi) is 12.2. The number of nitrogens with zero attached hydrogens (tertiary/aromatic N) is 2. The van der Waals surface area contributed by atoms with Crippen molar-refractivity contribution in [1.29, 1.82) is 0 Å². The van der Waals surface area contributed by atoms with E-state index in [1.165, 1.54) is 31.9 Å². The van der Waals surface area contributed by atoms with E-state index in [2.05, 4.69) is 38.3 Å². The SMILES string of the molecule is C1=CC[N-]C(C2CCCC[N-]2)=C1.CC([NH-])C(=O)O.[Cl][Pt]. The van der Waals surface area contributed by atoms with Crippen molar-refractivity contribution in [3.8, 4) is 0 Å². The quantitative estimate of drug-likeness (QED) is 0.648. The summed E-state index contributed by atoms with van der Waals surface area (Å²) in [5, 5.41) is 16.8. The minimum atomic E-state index is -1.07. The van der Waals surface area contributed by atoms with Gasteiger partial charge < -0.3 is 21.5 Å². The van der Waals surface area contributed by atoms with Crippen molar-refractivity contribution in [1.82, 2.24) is 0 Å². The molecule has 0 aromatic carbocycles. The summed E-state index contributed by atoms with van der Waals surface area (Å²) < 4.78 is 0. The van der Waals surface area contributed by atoms with Gasteiger partial charge in [-0.15, -0.1) is 25.2 Å². The van der Waals surface area contributed by atoms with Gasteiger partial charge in [-0.05, 0) is 6.04 Å². The Bertz CT molecular complexity index is 330. The van der Waals surface area contributed by atoms with Gasteiger partial charge in [-0.3, -0.25) is 4.79 Å². The molecule has 2 rings (SSSR count). The molecule has 2 N–H and O–H groups in total. The molecule has 0 amide bonds. The van der Waals surface area contributed by atoms with Crippen molar-refractivity contribution in [2.75, 3.05) is 13.1 Å². The summed E-state index contributed by atoms with van der Waals surface area (Å²) in [5.74, 6) is -1.07. The van der Waals surface area contributed by atoms with E-state index in [0.717, 1.165) is 13.1 Å². The number of hydrogen-bond acceptors (Lipinski definition) is 1. The molecule has 2 atom stereocenters. The van der Waals surface area contributed by atoms with Gasteiger partial charge in [0.1, 0.15) is 0 Å². The number of allylic oxidation sites excluding steroid dienone is 2. The second-order valence-electron chi connectivity index (χ2n) is 4.34. The molecule has 0 saturated carbocycles. The maximum absolute atomic E-state index is 9.51. The molecule has 119 valence electrons. The average molecular weight is 481 g/mol. The fraction of sp³-hybridized carbons (Fsp3) is 0.615. The third-order valence-electron chi connectivity index (χ3n) is 2.73. The molecule has 20 heavy (non-hydrogen) atoms. The van der Waals surface area contributed by atoms with Gasteiger partial charge in [0.25, 0.3) is 5.97 Å². The average Bonchev–Trinajstić information content (AvgIpc) is 2.51. The fourth-order valence-electron chi connectivity index (χ4n) is 1.68. The van der Waals surface area contributed by atoms with Crippen LogP contribution in [0.5, 0.6) is 0 Å². The molecule has 0 aliphatic carbocycles. The molecule has 0 aromatic rings. The van der Waals surface area contributed by atoms with Crippen LogP contribution < -0.4 is 0 Å². The zero-order valence-corrected chi connectivity index (χ0v) is 14.4. The summed E-state index contributed by atoms with van der Waals surface area (Å²) in [6, 6.07) is -0.575. The molecule has 2 heterocycles. The van der Waals surface area contributed by atoms with Gasteiger partial charge in [0.2, 0.25) is 0 Å². The number of carboxylic acid groups (broad SMARTS) is 1. The van der Waals surface area contributed by atoms with E-state index in [1.54, 1.807) is 18.8 Å². The predicted octanol–water partition coefficient (Wildman–Crippen LogP) is 3.94. The Balaban J connectivity index is 0.000000387. The van der Waals surface area contributed by atoms with Gasteiger partial charge in [-0.2, -0.15) is 5.70 Å². The molecule has 2 aliphatic rings. The molecule has 5 nitrogen and oxygen atoms in total. The van der Waals surface area contributed by atoms with Crippen molar-refractivity contribution < 1.29 is 28.7 Å². The Morgan fingerprint density at radius 1 is 1.55 bits per heavy atom. The molecule has 1 saturated heterocycles. The first-order valence-corrected chi connectivity index (χ1v) is 9.19. The molecular weight excluding hydrogens is 461 g/mol. The van der Waals surface area contributed by atoms with Gasteiger partial charge >= 0.3 is 28.2 Å². The first-order valence-electron chi connectivity index (χ1n) is 6.38. The van der Waals surface area contributed by atoms with Crippen LogP contribution in [0.2, 0.25) is 0 Å². The van der Waals surface area contributed by atoms with Crippen LogP contribution in [0, 0.1) is 0 Å². The molecule has 0 radical (unpaired) electrons. The van der Waals surface area contributed by atoms with Gasteiger partial charge in [0.05, 0.1) is 0 Å². The van der Waals surface area contributed by atoms with E-state index in [0.29, 0.717) is 6.04 Å². The van der Waals surface area contributed by atoms with E-state index in [-0.39, 0.29) is 0 Å². The number of carboxylic acids is 1. The number of carbonyl (C=O) groups is 1. The van der Waals surface area contributed by atoms with Crippen LogP contribution in [0.3, 0.4) is 0 Å². The summed E-state index contributed by atoms with van der Waals surface area (Å²) in [5.41, 5.74) is 7.62. The number of piperidine rings is 1. The second-order valence-corrected chi connectivity index (χ2v) is 4.34. The Hall–Kier alpha value is -0.352. The molecule has 2 unspecified atom stereocenters. The minimum absolute atomic E-state index is 0.406. The van der Waals surface area contributed by atoms with Gasteiger partial charge in [0, 0.05) is 0 Å². The molecule has 7 heteroatoms. The molecule has 0 aromatic heterocycles. The summed E-state index contributed by atoms with van der Waals surface area (Å²) in [6.45, 7) is 3.18. The molecular formula is C13H20ClN3O2Pt-3. The van der Waals surface area contributed by atoms with Crippen LogP contribution in [0.15, 0.2) is 23.9 Å². The topological polar surface area (TPSA) is 89.3 Å². The standard InChI is InChI=1S/C10H14N2.C3H6NO2.ClH.Pt/c1-3-7-11-9(5-1)10-6-2-4-8-12-10;1-2(4)3(5)6;;/h1,3,5,10H,2,4,6-8H2;2,4H,1H3,(H,5,6);1H;/q-2;-1;;+1/p-1. The maximum atomic E-state index is 9.51. The third kappa shape index (κ3) is 8.75. The van der Waals surface area contributed by atoms with Crippen molar-refractivity contribution in [2.45, 2.75) is 38.3 Å². The first-order chi connectivity index (χ1) is 9.61. The van der Waals surface area contributed by atoms with E-state index >= 15 is 0 Å². The van der Waals surface area contributed by atoms with E-state index in [1.807, 2.05) is 0 Å². The van der Waals surface area contributed by atoms with Gasteiger partial charge in [-0.1, -0.05) is 38.3 Å². The number of rotatable bonds is 2. The third-order valence-corrected chi connectivity index (χ3v) is 2.73. The molecule has 0 bridgehead atoms. The second kappa shape index (κ2) is 12.4. The van der Waals surface area contributed by atoms with Crippen LogP contribution >= 0.6 is 9.42 Å². The van der Waals surface area contributed by atoms with Crippen LogP contribution in [-0.4, -0.2) is 36.2 Å². The number of nitrogens with one attached hydrogen (secondary N) is 1. The monoisotopic (exact) mass is 480 g/mol. The molecule has 2 aliphatic heterocycles. The van der Waals surface area contributed by atoms with E-state index in [9.17, 15) is 4.79 Å². The van der Waals surface area contributed by atoms with Crippen molar-refractivity contribution in [3.05, 3.63) is 40.3 Å². The van der Waals surface area contributed by atoms with Gasteiger partial charge in [0.15, 0.2) is 0 Å². The van der Waals surface area contributed by atoms with Crippen molar-refractivity contribution in [3.63, 3.8) is 0 Å². The van der Waals surface area contributed by atoms with E-state index < -0.39 is 12.0 Å². The summed E-state index contributed by atoms with van der Waals surface area (Å²) >= 11 is 1.61. The Morgan fingerprint density at radius 3 is 2.60 bits per heavy atom. The Labute approximate surface area is 135 Å². The Morgan fingerprint density at radius 2 is 2.20 bits per heavy atom. The normalized spacial score (nSPS) is 22.1. The zero-order valence-electron chi connectivity index (χ0n) is 11.4. The van der Waals surface area contributed by atoms with Crippen LogP contribution in [0.25, 0.3) is 16.4 Å². The predicted molar refractivity (Wildman–Crippen MR) is 78.6 cm³/mol. The van der Waals surface area contributed by atoms with Crippen molar-refractivity contribution in [2.24, 2.45) is 0 Å². The number of hydrogen-bond donors (Lipinski definition) is 1. The summed E-state index contributed by atoms with van der Waals surface area (Å²) in [4.78, 5) is 9.51. The zero-order chi connectivity index (χ0) is 15.4. The number of halogens is 1. The summed E-state index contributed by atoms with van der Waals surface area (Å²) in [7, 11) is 4.61. The molecule has 0 spiro atoms. The first kappa shape index (κ1) is 19.6. The van der Waals surface area contributed by atoms with Crippen molar-refractivity contribution >= 4 is 15.4 Å². The van der Waals surface area contributed by atoms with E-state index in [4.69, 9.17) is 10.8 Å². The number of aliphatic carboxylic acids is 1. The fourth-order valence-corrected chi connectivity index (χ4v) is 1.68. The van der Waals surface area contributed by atoms with Gasteiger partial charge in [-0.25, -0.2) is 0 Å². The molecule has 1 fully saturated rings. The van der Waals surface area contributed by atoms with Crippen LogP contribution in [0.4, 0.5) is 0 Å². The summed E-state index contributed by atoms with van der Waals surface area (Å²) in [6.07, 6.45) is 10.0. The van der Waals surface area contributed by atoms with Crippen LogP contribution in [-0.2, 0) is 23.6 Å². The van der Waals surface area contributed by atoms with Crippen LogP contribution in [0.1, 0.15) is 26.2 Å².